The van der Waals surface area contributed by atoms with E-state index in [9.17, 15) is 29.1 Å². The van der Waals surface area contributed by atoms with Crippen LogP contribution < -0.4 is 5.73 Å². The molecule has 1 saturated heterocycles. The predicted octanol–water partition coefficient (Wildman–Crippen LogP) is -0.368. The van der Waals surface area contributed by atoms with Gasteiger partial charge in [-0.2, -0.15) is 0 Å². The van der Waals surface area contributed by atoms with E-state index in [2.05, 4.69) is 6.58 Å². The third kappa shape index (κ3) is 6.16. The summed E-state index contributed by atoms with van der Waals surface area (Å²) in [5.41, 5.74) is 5.95. The van der Waals surface area contributed by atoms with Gasteiger partial charge in [-0.15, -0.1) is 0 Å². The fourth-order valence-electron chi connectivity index (χ4n) is 3.67. The fourth-order valence-corrected chi connectivity index (χ4v) is 3.67. The molecule has 1 aliphatic rings. The average molecular weight is 444 g/mol. The summed E-state index contributed by atoms with van der Waals surface area (Å²) in [5.74, 6) is -3.29. The maximum absolute atomic E-state index is 13.4. The number of aliphatic carboxylic acids is 1. The summed E-state index contributed by atoms with van der Waals surface area (Å²) < 4.78 is 0. The summed E-state index contributed by atoms with van der Waals surface area (Å²) in [7, 11) is 1.45. The van der Waals surface area contributed by atoms with Crippen LogP contribution in [0.1, 0.15) is 18.4 Å². The number of carboxylic acid groups (broad SMARTS) is 1. The van der Waals surface area contributed by atoms with Crippen molar-refractivity contribution in [3.8, 4) is 0 Å². The number of benzene rings is 1. The van der Waals surface area contributed by atoms with Crippen molar-refractivity contribution < 1.29 is 29.1 Å². The van der Waals surface area contributed by atoms with Crippen molar-refractivity contribution in [2.45, 2.75) is 31.3 Å². The summed E-state index contributed by atoms with van der Waals surface area (Å²) in [4.78, 5) is 64.8. The van der Waals surface area contributed by atoms with Crippen LogP contribution in [0.2, 0.25) is 0 Å². The molecular weight excluding hydrogens is 416 g/mol. The molecule has 0 aromatic heterocycles. The summed E-state index contributed by atoms with van der Waals surface area (Å²) in [5, 5.41) is 9.63. The van der Waals surface area contributed by atoms with Crippen LogP contribution in [0.25, 0.3) is 0 Å². The first-order chi connectivity index (χ1) is 15.1. The number of carboxylic acids is 1. The smallest absolute Gasteiger partial charge is 0.326 e. The fraction of sp³-hybridized carbons (Fsp3) is 0.409. The lowest BCUT2D eigenvalue weighted by atomic mass is 9.98. The van der Waals surface area contributed by atoms with Gasteiger partial charge in [-0.3, -0.25) is 19.2 Å². The number of hydrogen-bond acceptors (Lipinski definition) is 5. The molecule has 1 aromatic rings. The third-order valence-corrected chi connectivity index (χ3v) is 5.37. The van der Waals surface area contributed by atoms with Gasteiger partial charge in [0.15, 0.2) is 0 Å². The molecule has 0 spiro atoms. The van der Waals surface area contributed by atoms with Gasteiger partial charge in [-0.05, 0) is 18.1 Å². The van der Waals surface area contributed by atoms with Crippen LogP contribution in [0, 0.1) is 0 Å². The number of amides is 4. The van der Waals surface area contributed by atoms with Crippen LogP contribution in [0.5, 0.6) is 0 Å². The number of primary amides is 1. The molecule has 0 aliphatic carbocycles. The predicted molar refractivity (Wildman–Crippen MR) is 115 cm³/mol. The maximum Gasteiger partial charge on any atom is 0.326 e. The zero-order chi connectivity index (χ0) is 23.8. The maximum atomic E-state index is 13.4. The highest BCUT2D eigenvalue weighted by molar-refractivity contribution is 5.94. The Bertz CT molecular complexity index is 888. The second-order valence-electron chi connectivity index (χ2n) is 7.58. The van der Waals surface area contributed by atoms with Crippen molar-refractivity contribution in [1.82, 2.24) is 14.7 Å². The topological polar surface area (TPSA) is 141 Å². The summed E-state index contributed by atoms with van der Waals surface area (Å²) in [6, 6.07) is 6.87. The van der Waals surface area contributed by atoms with Gasteiger partial charge in [-0.25, -0.2) is 4.79 Å². The highest BCUT2D eigenvalue weighted by Crippen LogP contribution is 2.21. The number of hydrogen-bond donors (Lipinski definition) is 2. The Hall–Kier alpha value is -3.69. The monoisotopic (exact) mass is 444 g/mol. The molecule has 32 heavy (non-hydrogen) atoms. The van der Waals surface area contributed by atoms with Crippen molar-refractivity contribution in [2.75, 3.05) is 26.7 Å². The van der Waals surface area contributed by atoms with Gasteiger partial charge in [0, 0.05) is 33.0 Å². The van der Waals surface area contributed by atoms with Crippen molar-refractivity contribution in [1.29, 1.82) is 0 Å². The van der Waals surface area contributed by atoms with Crippen LogP contribution in [0.3, 0.4) is 0 Å². The number of rotatable bonds is 10. The Labute approximate surface area is 186 Å². The van der Waals surface area contributed by atoms with Gasteiger partial charge in [0.2, 0.25) is 23.6 Å². The van der Waals surface area contributed by atoms with E-state index in [4.69, 9.17) is 5.73 Å². The Morgan fingerprint density at radius 1 is 1.25 bits per heavy atom. The third-order valence-electron chi connectivity index (χ3n) is 5.37. The summed E-state index contributed by atoms with van der Waals surface area (Å²) >= 11 is 0. The van der Waals surface area contributed by atoms with E-state index in [0.717, 1.165) is 11.6 Å². The van der Waals surface area contributed by atoms with E-state index in [1.165, 1.54) is 21.7 Å². The Morgan fingerprint density at radius 3 is 2.47 bits per heavy atom. The number of likely N-dealkylation sites (N-methyl/N-ethyl adjacent to an activating group) is 1. The first kappa shape index (κ1) is 24.6. The quantitative estimate of drug-likeness (QED) is 0.472. The lowest BCUT2D eigenvalue weighted by Crippen LogP contribution is -2.63. The summed E-state index contributed by atoms with van der Waals surface area (Å²) in [6.45, 7) is 3.24. The molecule has 0 radical (unpaired) electrons. The molecule has 10 nitrogen and oxygen atoms in total. The number of nitrogens with two attached hydrogens (primary N) is 1. The van der Waals surface area contributed by atoms with Crippen molar-refractivity contribution in [3.63, 3.8) is 0 Å². The van der Waals surface area contributed by atoms with Gasteiger partial charge >= 0.3 is 5.97 Å². The van der Waals surface area contributed by atoms with Crippen LogP contribution in [-0.2, 0) is 30.4 Å². The first-order valence-electron chi connectivity index (χ1n) is 10.2. The Kier molecular flexibility index (Phi) is 8.51. The van der Waals surface area contributed by atoms with Gasteiger partial charge in [0.25, 0.3) is 0 Å². The molecule has 172 valence electrons. The van der Waals surface area contributed by atoms with Gasteiger partial charge in [0.1, 0.15) is 12.1 Å². The van der Waals surface area contributed by atoms with Gasteiger partial charge in [0.05, 0.1) is 6.54 Å². The zero-order valence-corrected chi connectivity index (χ0v) is 18.0. The highest BCUT2D eigenvalue weighted by Gasteiger charge is 2.42. The number of carbonyl (C=O) groups excluding carboxylic acids is 4. The van der Waals surface area contributed by atoms with E-state index >= 15 is 0 Å². The molecule has 0 unspecified atom stereocenters. The van der Waals surface area contributed by atoms with Crippen molar-refractivity contribution in [3.05, 3.63) is 48.6 Å². The minimum Gasteiger partial charge on any atom is -0.480 e. The standard InChI is InChI=1S/C22H28N4O6/c1-3-19(28)24(2)14-20(29)25-11-12-26(16(22(31)32)9-10-18(23)27)21(30)17(25)13-15-7-5-4-6-8-15/h3-8,16-17H,1,9-14H2,2H3,(H2,23,27)(H,31,32)/t16-,17-/m0/s1. The molecule has 10 heteroatoms. The minimum atomic E-state index is -1.24. The van der Waals surface area contributed by atoms with Gasteiger partial charge < -0.3 is 25.5 Å². The van der Waals surface area contributed by atoms with Crippen LogP contribution >= 0.6 is 0 Å². The number of carbonyl (C=O) groups is 5. The normalized spacial score (nSPS) is 16.9. The lowest BCUT2D eigenvalue weighted by molar-refractivity contribution is -0.160. The second-order valence-corrected chi connectivity index (χ2v) is 7.58. The van der Waals surface area contributed by atoms with Gasteiger partial charge in [-0.1, -0.05) is 36.9 Å². The van der Waals surface area contributed by atoms with E-state index in [-0.39, 0.29) is 38.9 Å². The molecule has 2 rings (SSSR count). The Morgan fingerprint density at radius 2 is 1.91 bits per heavy atom. The number of piperazine rings is 1. The van der Waals surface area contributed by atoms with E-state index in [0.29, 0.717) is 0 Å². The highest BCUT2D eigenvalue weighted by atomic mass is 16.4. The van der Waals surface area contributed by atoms with Crippen LogP contribution in [0.4, 0.5) is 0 Å². The Balaban J connectivity index is 2.30. The average Bonchev–Trinajstić information content (AvgIpc) is 2.75. The number of nitrogens with zero attached hydrogens (tertiary/aromatic N) is 3. The zero-order valence-electron chi connectivity index (χ0n) is 18.0. The SMILES string of the molecule is C=CC(=O)N(C)CC(=O)N1CCN([C@@H](CCC(N)=O)C(=O)O)C(=O)[C@@H]1Cc1ccccc1. The largest absolute Gasteiger partial charge is 0.480 e. The first-order valence-corrected chi connectivity index (χ1v) is 10.2. The molecule has 3 N–H and O–H groups in total. The molecule has 1 fully saturated rings. The molecule has 1 aromatic carbocycles. The van der Waals surface area contributed by atoms with Crippen LogP contribution in [-0.4, -0.2) is 88.2 Å². The second kappa shape index (κ2) is 11.1. The molecule has 0 bridgehead atoms. The molecule has 4 amide bonds. The molecule has 0 saturated carbocycles. The molecule has 2 atom stereocenters. The minimum absolute atomic E-state index is 0.00922. The van der Waals surface area contributed by atoms with Crippen molar-refractivity contribution >= 4 is 29.6 Å². The molecule has 1 heterocycles. The van der Waals surface area contributed by atoms with Crippen molar-refractivity contribution in [2.24, 2.45) is 5.73 Å². The van der Waals surface area contributed by atoms with Crippen LogP contribution in [0.15, 0.2) is 43.0 Å². The lowest BCUT2D eigenvalue weighted by Gasteiger charge is -2.43. The molecule has 1 aliphatic heterocycles. The van der Waals surface area contributed by atoms with E-state index in [1.807, 2.05) is 18.2 Å². The van der Waals surface area contributed by atoms with E-state index in [1.54, 1.807) is 12.1 Å². The van der Waals surface area contributed by atoms with E-state index < -0.39 is 41.7 Å². The summed E-state index contributed by atoms with van der Waals surface area (Å²) in [6.07, 6.45) is 0.984. The molecular formula is C22H28N4O6.